The molecule has 128 valence electrons. The Labute approximate surface area is 145 Å². The van der Waals surface area contributed by atoms with Gasteiger partial charge in [-0.05, 0) is 6.42 Å². The molecule has 0 radical (unpaired) electrons. The van der Waals surface area contributed by atoms with E-state index in [0.29, 0.717) is 18.3 Å². The molecule has 1 aromatic heterocycles. The minimum absolute atomic E-state index is 0.00508. The normalized spacial score (nSPS) is 16.7. The number of hydrogen-bond donors (Lipinski definition) is 1. The van der Waals surface area contributed by atoms with Crippen LogP contribution in [-0.4, -0.2) is 53.3 Å². The first kappa shape index (κ1) is 17.0. The second-order valence-electron chi connectivity index (χ2n) is 5.72. The van der Waals surface area contributed by atoms with Crippen LogP contribution in [0.25, 0.3) is 10.6 Å². The van der Waals surface area contributed by atoms with Gasteiger partial charge in [0.05, 0.1) is 19.3 Å². The van der Waals surface area contributed by atoms with Crippen molar-refractivity contribution in [2.75, 3.05) is 31.6 Å². The Morgan fingerprint density at radius 1 is 1.29 bits per heavy atom. The third-order valence-electron chi connectivity index (χ3n) is 4.03. The van der Waals surface area contributed by atoms with Gasteiger partial charge in [0.1, 0.15) is 5.01 Å². The summed E-state index contributed by atoms with van der Waals surface area (Å²) >= 11 is 1.40. The average molecular weight is 346 g/mol. The molecule has 0 aliphatic carbocycles. The molecule has 1 aliphatic rings. The molecular weight excluding hydrogens is 324 g/mol. The number of anilines is 1. The largest absolute Gasteiger partial charge is 0.379 e. The van der Waals surface area contributed by atoms with Crippen molar-refractivity contribution >= 4 is 22.4 Å². The lowest BCUT2D eigenvalue weighted by atomic mass is 10.1. The van der Waals surface area contributed by atoms with Crippen LogP contribution < -0.4 is 5.32 Å². The van der Waals surface area contributed by atoms with Crippen LogP contribution in [0.15, 0.2) is 30.3 Å². The van der Waals surface area contributed by atoms with Gasteiger partial charge in [0.15, 0.2) is 0 Å². The predicted octanol–water partition coefficient (Wildman–Crippen LogP) is 2.64. The minimum atomic E-state index is -0.136. The van der Waals surface area contributed by atoms with E-state index >= 15 is 0 Å². The number of nitrogens with one attached hydrogen (secondary N) is 1. The second-order valence-corrected chi connectivity index (χ2v) is 6.70. The summed E-state index contributed by atoms with van der Waals surface area (Å²) in [5.41, 5.74) is 1.01. The smallest absolute Gasteiger partial charge is 0.243 e. The van der Waals surface area contributed by atoms with E-state index in [0.717, 1.165) is 36.5 Å². The summed E-state index contributed by atoms with van der Waals surface area (Å²) in [6.45, 7) is 5.06. The standard InChI is InChI=1S/C17H22N4O2S/c1-2-6-14(21-9-11-23-12-10-21)15(22)18-17-20-19-16(24-17)13-7-4-3-5-8-13/h3-5,7-8,14H,2,6,9-12H2,1H3,(H,18,20,22). The van der Waals surface area contributed by atoms with Crippen molar-refractivity contribution in [3.05, 3.63) is 30.3 Å². The third-order valence-corrected chi connectivity index (χ3v) is 4.91. The zero-order valence-corrected chi connectivity index (χ0v) is 14.6. The number of benzene rings is 1. The monoisotopic (exact) mass is 346 g/mol. The van der Waals surface area contributed by atoms with E-state index in [9.17, 15) is 4.79 Å². The highest BCUT2D eigenvalue weighted by Gasteiger charge is 2.27. The van der Waals surface area contributed by atoms with E-state index in [2.05, 4.69) is 27.3 Å². The first-order valence-electron chi connectivity index (χ1n) is 8.29. The fourth-order valence-corrected chi connectivity index (χ4v) is 3.55. The molecule has 1 fully saturated rings. The Bertz CT molecular complexity index is 656. The van der Waals surface area contributed by atoms with E-state index in [-0.39, 0.29) is 11.9 Å². The highest BCUT2D eigenvalue weighted by atomic mass is 32.1. The van der Waals surface area contributed by atoms with E-state index < -0.39 is 0 Å². The van der Waals surface area contributed by atoms with Crippen molar-refractivity contribution < 1.29 is 9.53 Å². The van der Waals surface area contributed by atoms with Crippen LogP contribution in [0, 0.1) is 0 Å². The average Bonchev–Trinajstić information content (AvgIpc) is 3.09. The number of hydrogen-bond acceptors (Lipinski definition) is 6. The van der Waals surface area contributed by atoms with Crippen molar-refractivity contribution in [1.82, 2.24) is 15.1 Å². The van der Waals surface area contributed by atoms with Crippen LogP contribution in [0.3, 0.4) is 0 Å². The van der Waals surface area contributed by atoms with Gasteiger partial charge in [0, 0.05) is 18.7 Å². The lowest BCUT2D eigenvalue weighted by Crippen LogP contribution is -2.49. The van der Waals surface area contributed by atoms with Crippen molar-refractivity contribution in [3.63, 3.8) is 0 Å². The summed E-state index contributed by atoms with van der Waals surface area (Å²) in [6.07, 6.45) is 1.79. The van der Waals surface area contributed by atoms with Crippen LogP contribution in [0.4, 0.5) is 5.13 Å². The first-order valence-corrected chi connectivity index (χ1v) is 9.11. The number of rotatable bonds is 6. The maximum absolute atomic E-state index is 12.7. The fourth-order valence-electron chi connectivity index (χ4n) is 2.80. The van der Waals surface area contributed by atoms with Gasteiger partial charge in [0.2, 0.25) is 11.0 Å². The molecule has 7 heteroatoms. The SMILES string of the molecule is CCCC(C(=O)Nc1nnc(-c2ccccc2)s1)N1CCOCC1. The molecule has 1 saturated heterocycles. The van der Waals surface area contributed by atoms with E-state index in [1.54, 1.807) is 0 Å². The van der Waals surface area contributed by atoms with Gasteiger partial charge in [-0.3, -0.25) is 15.0 Å². The predicted molar refractivity (Wildman–Crippen MR) is 95.1 cm³/mol. The van der Waals surface area contributed by atoms with E-state index in [4.69, 9.17) is 4.74 Å². The molecule has 0 spiro atoms. The Kier molecular flexibility index (Phi) is 5.90. The Balaban J connectivity index is 1.67. The van der Waals surface area contributed by atoms with Crippen LogP contribution in [0.1, 0.15) is 19.8 Å². The summed E-state index contributed by atoms with van der Waals surface area (Å²) in [6, 6.07) is 9.72. The number of carbonyl (C=O) groups excluding carboxylic acids is 1. The lowest BCUT2D eigenvalue weighted by molar-refractivity contribution is -0.123. The molecule has 1 N–H and O–H groups in total. The highest BCUT2D eigenvalue weighted by Crippen LogP contribution is 2.26. The molecule has 1 unspecified atom stereocenters. The molecule has 6 nitrogen and oxygen atoms in total. The Hall–Kier alpha value is -1.83. The maximum atomic E-state index is 12.7. The van der Waals surface area contributed by atoms with E-state index in [1.807, 2.05) is 30.3 Å². The van der Waals surface area contributed by atoms with Crippen molar-refractivity contribution in [2.45, 2.75) is 25.8 Å². The first-order chi connectivity index (χ1) is 11.8. The number of nitrogens with zero attached hydrogens (tertiary/aromatic N) is 3. The quantitative estimate of drug-likeness (QED) is 0.871. The number of amides is 1. The topological polar surface area (TPSA) is 67.4 Å². The molecule has 1 atom stereocenters. The molecule has 1 aliphatic heterocycles. The molecule has 2 heterocycles. The van der Waals surface area contributed by atoms with Crippen LogP contribution in [-0.2, 0) is 9.53 Å². The van der Waals surface area contributed by atoms with Crippen LogP contribution >= 0.6 is 11.3 Å². The van der Waals surface area contributed by atoms with Crippen molar-refractivity contribution in [2.24, 2.45) is 0 Å². The number of ether oxygens (including phenoxy) is 1. The maximum Gasteiger partial charge on any atom is 0.243 e. The molecule has 24 heavy (non-hydrogen) atoms. The van der Waals surface area contributed by atoms with Gasteiger partial charge >= 0.3 is 0 Å². The molecule has 0 saturated carbocycles. The van der Waals surface area contributed by atoms with Gasteiger partial charge < -0.3 is 4.74 Å². The minimum Gasteiger partial charge on any atom is -0.379 e. The number of morpholine rings is 1. The number of aromatic nitrogens is 2. The zero-order chi connectivity index (χ0) is 16.8. The van der Waals surface area contributed by atoms with Crippen molar-refractivity contribution in [1.29, 1.82) is 0 Å². The van der Waals surface area contributed by atoms with Gasteiger partial charge in [-0.1, -0.05) is 55.0 Å². The third kappa shape index (κ3) is 4.17. The Morgan fingerprint density at radius 3 is 2.75 bits per heavy atom. The lowest BCUT2D eigenvalue weighted by Gasteiger charge is -2.33. The molecular formula is C17H22N4O2S. The van der Waals surface area contributed by atoms with Gasteiger partial charge in [-0.25, -0.2) is 0 Å². The van der Waals surface area contributed by atoms with E-state index in [1.165, 1.54) is 11.3 Å². The highest BCUT2D eigenvalue weighted by molar-refractivity contribution is 7.18. The summed E-state index contributed by atoms with van der Waals surface area (Å²) < 4.78 is 5.38. The summed E-state index contributed by atoms with van der Waals surface area (Å²) in [5, 5.41) is 12.6. The van der Waals surface area contributed by atoms with Gasteiger partial charge in [-0.2, -0.15) is 0 Å². The fraction of sp³-hybridized carbons (Fsp3) is 0.471. The van der Waals surface area contributed by atoms with Gasteiger partial charge in [0.25, 0.3) is 0 Å². The summed E-state index contributed by atoms with van der Waals surface area (Å²) in [5.74, 6) is -0.00508. The summed E-state index contributed by atoms with van der Waals surface area (Å²) in [4.78, 5) is 14.9. The number of carbonyl (C=O) groups is 1. The second kappa shape index (κ2) is 8.32. The van der Waals surface area contributed by atoms with Crippen LogP contribution in [0.5, 0.6) is 0 Å². The molecule has 1 amide bonds. The molecule has 2 aromatic rings. The Morgan fingerprint density at radius 2 is 2.04 bits per heavy atom. The van der Waals surface area contributed by atoms with Gasteiger partial charge in [-0.15, -0.1) is 10.2 Å². The summed E-state index contributed by atoms with van der Waals surface area (Å²) in [7, 11) is 0. The molecule has 0 bridgehead atoms. The van der Waals surface area contributed by atoms with Crippen molar-refractivity contribution in [3.8, 4) is 10.6 Å². The molecule has 1 aromatic carbocycles. The van der Waals surface area contributed by atoms with Crippen LogP contribution in [0.2, 0.25) is 0 Å². The zero-order valence-electron chi connectivity index (χ0n) is 13.8. The molecule has 3 rings (SSSR count).